The standard InChI is InChI=1S/C24H30ClF3N2O3S/c1-22(2,3)15-23(4,5)29-21(31)17-9-7-16(8-10-17)14-30(34(6,32)33)18-11-12-20(25)19(13-18)24(26,27)28/h7-13H,14-15H2,1-6H3,(H,29,31). The molecule has 2 rings (SSSR count). The van der Waals surface area contributed by atoms with Crippen molar-refractivity contribution in [1.82, 2.24) is 5.32 Å². The molecule has 188 valence electrons. The second kappa shape index (κ2) is 9.77. The van der Waals surface area contributed by atoms with Crippen molar-refractivity contribution in [2.45, 2.75) is 59.3 Å². The molecule has 5 nitrogen and oxygen atoms in total. The number of anilines is 1. The average molecular weight is 519 g/mol. The summed E-state index contributed by atoms with van der Waals surface area (Å²) >= 11 is 5.66. The molecule has 1 N–H and O–H groups in total. The minimum absolute atomic E-state index is 0.0172. The molecule has 0 fully saturated rings. The number of hydrogen-bond acceptors (Lipinski definition) is 3. The zero-order valence-electron chi connectivity index (χ0n) is 20.0. The fourth-order valence-corrected chi connectivity index (χ4v) is 5.07. The molecular formula is C24H30ClF3N2O3S. The first-order valence-electron chi connectivity index (χ1n) is 10.5. The number of nitrogens with zero attached hydrogens (tertiary/aromatic N) is 1. The lowest BCUT2D eigenvalue weighted by atomic mass is 9.81. The Labute approximate surface area is 204 Å². The zero-order chi connectivity index (χ0) is 26.1. The van der Waals surface area contributed by atoms with Crippen LogP contribution in [-0.2, 0) is 22.7 Å². The fourth-order valence-electron chi connectivity index (χ4n) is 3.96. The van der Waals surface area contributed by atoms with E-state index in [1.165, 1.54) is 6.07 Å². The van der Waals surface area contributed by atoms with Gasteiger partial charge in [-0.05, 0) is 61.6 Å². The molecule has 0 saturated carbocycles. The lowest BCUT2D eigenvalue weighted by Gasteiger charge is -2.33. The Bertz CT molecular complexity index is 1140. The molecule has 0 aliphatic carbocycles. The molecule has 0 saturated heterocycles. The lowest BCUT2D eigenvalue weighted by molar-refractivity contribution is -0.137. The highest BCUT2D eigenvalue weighted by atomic mass is 35.5. The van der Waals surface area contributed by atoms with Crippen LogP contribution < -0.4 is 9.62 Å². The van der Waals surface area contributed by atoms with Gasteiger partial charge >= 0.3 is 6.18 Å². The second-order valence-corrected chi connectivity index (χ2v) is 12.5. The van der Waals surface area contributed by atoms with Crippen LogP contribution in [-0.4, -0.2) is 26.1 Å². The van der Waals surface area contributed by atoms with Gasteiger partial charge in [0.2, 0.25) is 10.0 Å². The number of sulfonamides is 1. The number of amides is 1. The summed E-state index contributed by atoms with van der Waals surface area (Å²) in [5.41, 5.74) is -0.813. The maximum absolute atomic E-state index is 13.3. The van der Waals surface area contributed by atoms with Crippen molar-refractivity contribution in [1.29, 1.82) is 0 Å². The van der Waals surface area contributed by atoms with Crippen LogP contribution in [0.5, 0.6) is 0 Å². The topological polar surface area (TPSA) is 66.5 Å². The van der Waals surface area contributed by atoms with E-state index in [9.17, 15) is 26.4 Å². The molecular weight excluding hydrogens is 489 g/mol. The Hall–Kier alpha value is -2.26. The van der Waals surface area contributed by atoms with Crippen molar-refractivity contribution in [3.05, 3.63) is 64.2 Å². The second-order valence-electron chi connectivity index (χ2n) is 10.2. The van der Waals surface area contributed by atoms with E-state index in [1.807, 2.05) is 13.8 Å². The van der Waals surface area contributed by atoms with E-state index < -0.39 is 32.3 Å². The molecule has 0 heterocycles. The van der Waals surface area contributed by atoms with Crippen LogP contribution in [0.25, 0.3) is 0 Å². The first kappa shape index (κ1) is 28.0. The number of nitrogens with one attached hydrogen (secondary N) is 1. The van der Waals surface area contributed by atoms with Gasteiger partial charge in [0.1, 0.15) is 0 Å². The third-order valence-corrected chi connectivity index (χ3v) is 6.38. The molecule has 34 heavy (non-hydrogen) atoms. The summed E-state index contributed by atoms with van der Waals surface area (Å²) < 4.78 is 65.4. The minimum Gasteiger partial charge on any atom is -0.347 e. The number of halogens is 4. The number of carbonyl (C=O) groups excluding carboxylic acids is 1. The molecule has 0 spiro atoms. The molecule has 0 bridgehead atoms. The van der Waals surface area contributed by atoms with E-state index in [1.54, 1.807) is 24.3 Å². The molecule has 2 aromatic rings. The predicted molar refractivity (Wildman–Crippen MR) is 130 cm³/mol. The maximum Gasteiger partial charge on any atom is 0.417 e. The van der Waals surface area contributed by atoms with E-state index in [0.717, 1.165) is 23.0 Å². The quantitative estimate of drug-likeness (QED) is 0.470. The Morgan fingerprint density at radius 1 is 1.00 bits per heavy atom. The van der Waals surface area contributed by atoms with Crippen molar-refractivity contribution in [3.8, 4) is 0 Å². The van der Waals surface area contributed by atoms with E-state index >= 15 is 0 Å². The Morgan fingerprint density at radius 2 is 1.56 bits per heavy atom. The van der Waals surface area contributed by atoms with E-state index in [4.69, 9.17) is 11.6 Å². The van der Waals surface area contributed by atoms with Crippen molar-refractivity contribution in [3.63, 3.8) is 0 Å². The number of carbonyl (C=O) groups is 1. The Balaban J connectivity index is 2.27. The normalized spacial score (nSPS) is 13.0. The van der Waals surface area contributed by atoms with Crippen LogP contribution in [0.2, 0.25) is 5.02 Å². The summed E-state index contributed by atoms with van der Waals surface area (Å²) in [7, 11) is -3.92. The van der Waals surface area contributed by atoms with E-state index in [0.29, 0.717) is 17.2 Å². The number of alkyl halides is 3. The largest absolute Gasteiger partial charge is 0.417 e. The molecule has 0 unspecified atom stereocenters. The average Bonchev–Trinajstić information content (AvgIpc) is 2.63. The van der Waals surface area contributed by atoms with Gasteiger partial charge in [0.15, 0.2) is 0 Å². The molecule has 0 aromatic heterocycles. The van der Waals surface area contributed by atoms with Gasteiger partial charge < -0.3 is 5.32 Å². The zero-order valence-corrected chi connectivity index (χ0v) is 21.6. The summed E-state index contributed by atoms with van der Waals surface area (Å²) in [6, 6.07) is 9.21. The van der Waals surface area contributed by atoms with Gasteiger partial charge in [-0.1, -0.05) is 44.5 Å². The predicted octanol–water partition coefficient (Wildman–Crippen LogP) is 6.27. The third kappa shape index (κ3) is 7.91. The summed E-state index contributed by atoms with van der Waals surface area (Å²) in [5, 5.41) is 2.48. The molecule has 0 aliphatic rings. The highest BCUT2D eigenvalue weighted by molar-refractivity contribution is 7.92. The van der Waals surface area contributed by atoms with Crippen LogP contribution in [0.4, 0.5) is 18.9 Å². The van der Waals surface area contributed by atoms with Gasteiger partial charge in [0.25, 0.3) is 5.91 Å². The highest BCUT2D eigenvalue weighted by Crippen LogP contribution is 2.37. The van der Waals surface area contributed by atoms with Crippen molar-refractivity contribution in [2.75, 3.05) is 10.6 Å². The summed E-state index contributed by atoms with van der Waals surface area (Å²) in [6.45, 7) is 9.92. The molecule has 10 heteroatoms. The van der Waals surface area contributed by atoms with E-state index in [-0.39, 0.29) is 23.6 Å². The summed E-state index contributed by atoms with van der Waals surface area (Å²) in [4.78, 5) is 12.7. The van der Waals surface area contributed by atoms with Gasteiger partial charge in [-0.2, -0.15) is 13.2 Å². The van der Waals surface area contributed by atoms with Crippen molar-refractivity contribution in [2.24, 2.45) is 5.41 Å². The lowest BCUT2D eigenvalue weighted by Crippen LogP contribution is -2.45. The number of hydrogen-bond donors (Lipinski definition) is 1. The minimum atomic E-state index is -4.73. The van der Waals surface area contributed by atoms with Crippen LogP contribution in [0.1, 0.15) is 62.5 Å². The molecule has 0 atom stereocenters. The molecule has 2 aromatic carbocycles. The number of benzene rings is 2. The maximum atomic E-state index is 13.3. The smallest absolute Gasteiger partial charge is 0.347 e. The Morgan fingerprint density at radius 3 is 2.03 bits per heavy atom. The molecule has 1 amide bonds. The fraction of sp³-hybridized carbons (Fsp3) is 0.458. The van der Waals surface area contributed by atoms with Gasteiger partial charge in [0.05, 0.1) is 29.1 Å². The van der Waals surface area contributed by atoms with Crippen LogP contribution in [0.15, 0.2) is 42.5 Å². The monoisotopic (exact) mass is 518 g/mol. The van der Waals surface area contributed by atoms with Crippen LogP contribution in [0.3, 0.4) is 0 Å². The highest BCUT2D eigenvalue weighted by Gasteiger charge is 2.34. The first-order chi connectivity index (χ1) is 15.3. The van der Waals surface area contributed by atoms with Crippen molar-refractivity contribution >= 4 is 33.2 Å². The molecule has 0 aliphatic heterocycles. The first-order valence-corrected chi connectivity index (χ1v) is 12.8. The van der Waals surface area contributed by atoms with Gasteiger partial charge in [0, 0.05) is 11.1 Å². The van der Waals surface area contributed by atoms with Gasteiger partial charge in [-0.25, -0.2) is 8.42 Å². The third-order valence-electron chi connectivity index (χ3n) is 4.91. The summed E-state index contributed by atoms with van der Waals surface area (Å²) in [5.74, 6) is -0.270. The van der Waals surface area contributed by atoms with Crippen LogP contribution in [0, 0.1) is 5.41 Å². The molecule has 0 radical (unpaired) electrons. The van der Waals surface area contributed by atoms with Crippen LogP contribution >= 0.6 is 11.6 Å². The number of rotatable bonds is 7. The van der Waals surface area contributed by atoms with E-state index in [2.05, 4.69) is 26.1 Å². The SMILES string of the molecule is CC(C)(C)CC(C)(C)NC(=O)c1ccc(CN(c2ccc(Cl)c(C(F)(F)F)c2)S(C)(=O)=O)cc1. The summed E-state index contributed by atoms with van der Waals surface area (Å²) in [6.07, 6.45) is -3.06. The Kier molecular flexibility index (Phi) is 8.04. The van der Waals surface area contributed by atoms with Gasteiger partial charge in [-0.3, -0.25) is 9.10 Å². The van der Waals surface area contributed by atoms with Gasteiger partial charge in [-0.15, -0.1) is 0 Å². The van der Waals surface area contributed by atoms with Crippen molar-refractivity contribution < 1.29 is 26.4 Å².